The van der Waals surface area contributed by atoms with Crippen molar-refractivity contribution in [2.45, 2.75) is 19.8 Å². The van der Waals surface area contributed by atoms with Gasteiger partial charge >= 0.3 is 0 Å². The molecule has 11 rings (SSSR count). The summed E-state index contributed by atoms with van der Waals surface area (Å²) in [5.74, 6) is 0.706. The van der Waals surface area contributed by atoms with Crippen LogP contribution in [-0.2, 0) is 0 Å². The summed E-state index contributed by atoms with van der Waals surface area (Å²) in [5.41, 5.74) is 11.1. The monoisotopic (exact) mass is 752 g/mol. The molecule has 2 heteroatoms. The highest BCUT2D eigenvalue weighted by molar-refractivity contribution is 6.25. The van der Waals surface area contributed by atoms with E-state index in [9.17, 15) is 0 Å². The maximum Gasteiger partial charge on any atom is 0.160 e. The van der Waals surface area contributed by atoms with Crippen LogP contribution in [0.4, 0.5) is 0 Å². The van der Waals surface area contributed by atoms with E-state index in [1.54, 1.807) is 0 Å². The largest absolute Gasteiger partial charge is 0.228 e. The number of benzene rings is 9. The van der Waals surface area contributed by atoms with Gasteiger partial charge in [0.05, 0.1) is 11.4 Å². The van der Waals surface area contributed by atoms with E-state index in [0.29, 0.717) is 5.82 Å². The van der Waals surface area contributed by atoms with Gasteiger partial charge in [0.2, 0.25) is 0 Å². The van der Waals surface area contributed by atoms with Crippen LogP contribution in [0.2, 0.25) is 0 Å². The average molecular weight is 753 g/mol. The van der Waals surface area contributed by atoms with Crippen LogP contribution in [-0.4, -0.2) is 9.97 Å². The second-order valence-corrected chi connectivity index (χ2v) is 15.6. The first-order chi connectivity index (χ1) is 29.2. The molecular formula is C57H40N2. The van der Waals surface area contributed by atoms with E-state index in [2.05, 4.69) is 207 Å². The van der Waals surface area contributed by atoms with Gasteiger partial charge in [-0.3, -0.25) is 0 Å². The summed E-state index contributed by atoms with van der Waals surface area (Å²) in [5, 5.41) is 12.5. The zero-order valence-corrected chi connectivity index (χ0v) is 32.9. The van der Waals surface area contributed by atoms with Crippen LogP contribution in [0.5, 0.6) is 0 Å². The molecule has 0 saturated carbocycles. The Labute approximate surface area is 344 Å². The highest BCUT2D eigenvalue weighted by atomic mass is 14.9. The molecule has 0 aliphatic heterocycles. The van der Waals surface area contributed by atoms with Crippen molar-refractivity contribution in [1.82, 2.24) is 9.97 Å². The van der Waals surface area contributed by atoms with Crippen molar-refractivity contribution >= 4 is 59.4 Å². The van der Waals surface area contributed by atoms with Crippen LogP contribution in [0.1, 0.15) is 25.3 Å². The lowest BCUT2D eigenvalue weighted by Gasteiger charge is -2.14. The molecule has 0 unspecified atom stereocenters. The van der Waals surface area contributed by atoms with E-state index in [1.807, 2.05) is 0 Å². The Kier molecular flexibility index (Phi) is 8.56. The Balaban J connectivity index is 1.07. The minimum atomic E-state index is 0.706. The molecule has 0 spiro atoms. The molecule has 0 radical (unpaired) electrons. The maximum atomic E-state index is 5.35. The zero-order chi connectivity index (χ0) is 39.3. The number of aromatic nitrogens is 2. The third-order valence-corrected chi connectivity index (χ3v) is 12.1. The molecule has 2 nitrogen and oxygen atoms in total. The van der Waals surface area contributed by atoms with Crippen LogP contribution >= 0.6 is 0 Å². The minimum Gasteiger partial charge on any atom is -0.228 e. The fraction of sp³-hybridized carbons (Fsp3) is 0.0526. The second kappa shape index (κ2) is 14.5. The number of hydrogen-bond donors (Lipinski definition) is 0. The number of allylic oxidation sites excluding steroid dienone is 6. The molecule has 0 fully saturated rings. The summed E-state index contributed by atoms with van der Waals surface area (Å²) in [6.45, 7) is 2.22. The Hall–Kier alpha value is -7.42. The van der Waals surface area contributed by atoms with Crippen LogP contribution in [0.15, 0.2) is 206 Å². The first kappa shape index (κ1) is 34.8. The van der Waals surface area contributed by atoms with E-state index < -0.39 is 0 Å². The topological polar surface area (TPSA) is 25.8 Å². The smallest absolute Gasteiger partial charge is 0.160 e. The van der Waals surface area contributed by atoms with E-state index in [-0.39, 0.29) is 0 Å². The van der Waals surface area contributed by atoms with Gasteiger partial charge in [-0.25, -0.2) is 9.97 Å². The summed E-state index contributed by atoms with van der Waals surface area (Å²) in [4.78, 5) is 10.7. The highest BCUT2D eigenvalue weighted by Gasteiger charge is 2.16. The number of rotatable bonds is 6. The summed E-state index contributed by atoms with van der Waals surface area (Å²) in [7, 11) is 0. The Bertz CT molecular complexity index is 3350. The predicted octanol–water partition coefficient (Wildman–Crippen LogP) is 15.6. The Morgan fingerprint density at radius 2 is 0.983 bits per heavy atom. The number of hydrogen-bond acceptors (Lipinski definition) is 2. The van der Waals surface area contributed by atoms with Crippen LogP contribution in [0.3, 0.4) is 0 Å². The second-order valence-electron chi connectivity index (χ2n) is 15.6. The molecule has 0 bridgehead atoms. The standard InChI is InChI=1S/C57H40N2/c1-2-37-13-11-15-38(26-25-37)41-16-12-17-43(33-41)56-36-55(40-29-27-39(28-30-40)53-34-42-14-3-4-18-45(42)46-19-5-9-23-50(46)53)58-57(59-56)44-31-32-52-49-22-7-6-20-47(49)48-21-8-10-24-51(48)54(52)35-44/h3-24,26-36H,2,25H2,1H3. The molecule has 0 saturated heterocycles. The van der Waals surface area contributed by atoms with E-state index >= 15 is 0 Å². The molecule has 0 atom stereocenters. The van der Waals surface area contributed by atoms with Gasteiger partial charge in [0, 0.05) is 16.7 Å². The molecule has 1 aliphatic carbocycles. The number of fused-ring (bicyclic) bond motifs is 9. The summed E-state index contributed by atoms with van der Waals surface area (Å²) in [6.07, 6.45) is 11.0. The lowest BCUT2D eigenvalue weighted by molar-refractivity contribution is 1.04. The fourth-order valence-electron chi connectivity index (χ4n) is 9.03. The molecule has 0 N–H and O–H groups in total. The van der Waals surface area contributed by atoms with Crippen molar-refractivity contribution < 1.29 is 0 Å². The van der Waals surface area contributed by atoms with Crippen LogP contribution in [0.25, 0.3) is 104 Å². The molecule has 1 heterocycles. The first-order valence-corrected chi connectivity index (χ1v) is 20.6. The summed E-state index contributed by atoms with van der Waals surface area (Å²) in [6, 6.07) is 63.8. The molecule has 59 heavy (non-hydrogen) atoms. The van der Waals surface area contributed by atoms with Crippen molar-refractivity contribution in [1.29, 1.82) is 0 Å². The minimum absolute atomic E-state index is 0.706. The van der Waals surface area contributed by atoms with Crippen LogP contribution < -0.4 is 0 Å². The van der Waals surface area contributed by atoms with E-state index in [4.69, 9.17) is 9.97 Å². The maximum absolute atomic E-state index is 5.35. The van der Waals surface area contributed by atoms with E-state index in [1.165, 1.54) is 81.7 Å². The molecule has 278 valence electrons. The summed E-state index contributed by atoms with van der Waals surface area (Å²) >= 11 is 0. The summed E-state index contributed by atoms with van der Waals surface area (Å²) < 4.78 is 0. The van der Waals surface area contributed by atoms with Crippen molar-refractivity contribution in [3.8, 4) is 45.0 Å². The molecule has 0 amide bonds. The average Bonchev–Trinajstić information content (AvgIpc) is 3.57. The van der Waals surface area contributed by atoms with Gasteiger partial charge in [-0.1, -0.05) is 188 Å². The SMILES string of the molecule is CCC1=CC=CC(c2cccc(-c3cc(-c4ccc(-c5cc6ccccc6c6ccccc56)cc4)nc(-c4ccc5c6ccccc6c6ccccc6c5c4)n3)c2)=CC1. The lowest BCUT2D eigenvalue weighted by Crippen LogP contribution is -1.97. The lowest BCUT2D eigenvalue weighted by atomic mass is 9.92. The van der Waals surface area contributed by atoms with Crippen molar-refractivity contribution in [3.63, 3.8) is 0 Å². The fourth-order valence-corrected chi connectivity index (χ4v) is 9.03. The first-order valence-electron chi connectivity index (χ1n) is 20.6. The molecule has 1 aromatic heterocycles. The molecule has 10 aromatic rings. The Morgan fingerprint density at radius 1 is 0.424 bits per heavy atom. The zero-order valence-electron chi connectivity index (χ0n) is 32.9. The Morgan fingerprint density at radius 3 is 1.69 bits per heavy atom. The quantitative estimate of drug-likeness (QED) is 0.158. The molecule has 9 aromatic carbocycles. The predicted molar refractivity (Wildman–Crippen MR) is 251 cm³/mol. The van der Waals surface area contributed by atoms with Crippen molar-refractivity contribution in [3.05, 3.63) is 211 Å². The van der Waals surface area contributed by atoms with Crippen LogP contribution in [0, 0.1) is 0 Å². The number of nitrogens with zero attached hydrogens (tertiary/aromatic N) is 2. The van der Waals surface area contributed by atoms with Gasteiger partial charge in [0.25, 0.3) is 0 Å². The normalized spacial score (nSPS) is 13.0. The van der Waals surface area contributed by atoms with Gasteiger partial charge in [-0.05, 0) is 113 Å². The van der Waals surface area contributed by atoms with Crippen molar-refractivity contribution in [2.75, 3.05) is 0 Å². The van der Waals surface area contributed by atoms with Gasteiger partial charge in [0.1, 0.15) is 0 Å². The van der Waals surface area contributed by atoms with Gasteiger partial charge in [0.15, 0.2) is 5.82 Å². The highest BCUT2D eigenvalue weighted by Crippen LogP contribution is 2.39. The molecular weight excluding hydrogens is 713 g/mol. The third-order valence-electron chi connectivity index (χ3n) is 12.1. The van der Waals surface area contributed by atoms with Gasteiger partial charge in [-0.2, -0.15) is 0 Å². The van der Waals surface area contributed by atoms with Crippen molar-refractivity contribution in [2.24, 2.45) is 0 Å². The third kappa shape index (κ3) is 6.22. The van der Waals surface area contributed by atoms with E-state index in [0.717, 1.165) is 40.9 Å². The molecule has 1 aliphatic rings. The van der Waals surface area contributed by atoms with Gasteiger partial charge < -0.3 is 0 Å². The van der Waals surface area contributed by atoms with Gasteiger partial charge in [-0.15, -0.1) is 0 Å².